The molecule has 0 saturated carbocycles. The fourth-order valence-electron chi connectivity index (χ4n) is 2.71. The SMILES string of the molecule is CCn1nc(C)cc1C(=O)NC[C@H](C)CC1(C)OCCO1. The molecule has 1 aromatic heterocycles. The zero-order valence-corrected chi connectivity index (χ0v) is 13.3. The number of carbonyl (C=O) groups excluding carboxylic acids is 1. The minimum Gasteiger partial charge on any atom is -0.350 e. The summed E-state index contributed by atoms with van der Waals surface area (Å²) in [6, 6.07) is 1.81. The Morgan fingerprint density at radius 1 is 1.52 bits per heavy atom. The molecule has 1 fully saturated rings. The van der Waals surface area contributed by atoms with Gasteiger partial charge in [-0.05, 0) is 32.8 Å². The molecule has 2 heterocycles. The number of hydrogen-bond acceptors (Lipinski definition) is 4. The van der Waals surface area contributed by atoms with Gasteiger partial charge in [0.15, 0.2) is 5.79 Å². The zero-order valence-electron chi connectivity index (χ0n) is 13.3. The van der Waals surface area contributed by atoms with Gasteiger partial charge in [-0.1, -0.05) is 6.92 Å². The van der Waals surface area contributed by atoms with Crippen LogP contribution in [0.1, 0.15) is 43.4 Å². The highest BCUT2D eigenvalue weighted by Crippen LogP contribution is 2.26. The highest BCUT2D eigenvalue weighted by atomic mass is 16.7. The van der Waals surface area contributed by atoms with Crippen molar-refractivity contribution in [3.63, 3.8) is 0 Å². The van der Waals surface area contributed by atoms with Crippen molar-refractivity contribution in [3.05, 3.63) is 17.5 Å². The van der Waals surface area contributed by atoms with Crippen molar-refractivity contribution in [1.82, 2.24) is 15.1 Å². The maximum absolute atomic E-state index is 12.2. The lowest BCUT2D eigenvalue weighted by molar-refractivity contribution is -0.153. The normalized spacial score (nSPS) is 18.7. The molecule has 118 valence electrons. The molecular weight excluding hydrogens is 270 g/mol. The summed E-state index contributed by atoms with van der Waals surface area (Å²) in [6.07, 6.45) is 0.763. The number of aromatic nitrogens is 2. The Balaban J connectivity index is 1.85. The summed E-state index contributed by atoms with van der Waals surface area (Å²) in [6.45, 7) is 10.5. The maximum atomic E-state index is 12.2. The smallest absolute Gasteiger partial charge is 0.269 e. The van der Waals surface area contributed by atoms with E-state index in [1.54, 1.807) is 4.68 Å². The summed E-state index contributed by atoms with van der Waals surface area (Å²) in [5.41, 5.74) is 1.47. The quantitative estimate of drug-likeness (QED) is 0.868. The van der Waals surface area contributed by atoms with Crippen LogP contribution in [0.2, 0.25) is 0 Å². The average Bonchev–Trinajstić information content (AvgIpc) is 3.02. The molecule has 6 nitrogen and oxygen atoms in total. The van der Waals surface area contributed by atoms with Crippen LogP contribution in [0.3, 0.4) is 0 Å². The molecule has 1 amide bonds. The summed E-state index contributed by atoms with van der Waals surface area (Å²) in [5.74, 6) is -0.315. The van der Waals surface area contributed by atoms with Gasteiger partial charge in [0, 0.05) is 19.5 Å². The van der Waals surface area contributed by atoms with E-state index >= 15 is 0 Å². The van der Waals surface area contributed by atoms with Gasteiger partial charge in [0.1, 0.15) is 5.69 Å². The lowest BCUT2D eigenvalue weighted by atomic mass is 10.0. The Morgan fingerprint density at radius 3 is 2.81 bits per heavy atom. The van der Waals surface area contributed by atoms with Crippen LogP contribution >= 0.6 is 0 Å². The fraction of sp³-hybridized carbons (Fsp3) is 0.733. The maximum Gasteiger partial charge on any atom is 0.269 e. The van der Waals surface area contributed by atoms with E-state index in [1.807, 2.05) is 26.8 Å². The van der Waals surface area contributed by atoms with Gasteiger partial charge in [0.25, 0.3) is 5.91 Å². The minimum atomic E-state index is -0.508. The molecule has 0 bridgehead atoms. The van der Waals surface area contributed by atoms with E-state index in [1.165, 1.54) is 0 Å². The second-order valence-electron chi connectivity index (χ2n) is 5.84. The topological polar surface area (TPSA) is 65.4 Å². The van der Waals surface area contributed by atoms with Crippen LogP contribution in [0, 0.1) is 12.8 Å². The van der Waals surface area contributed by atoms with Crippen molar-refractivity contribution in [2.24, 2.45) is 5.92 Å². The van der Waals surface area contributed by atoms with Gasteiger partial charge < -0.3 is 14.8 Å². The highest BCUT2D eigenvalue weighted by Gasteiger charge is 2.32. The molecule has 1 aromatic rings. The molecule has 0 aliphatic carbocycles. The predicted octanol–water partition coefficient (Wildman–Crippen LogP) is 1.73. The Kier molecular flexibility index (Phi) is 5.00. The number of amides is 1. The first-order chi connectivity index (χ1) is 9.93. The van der Waals surface area contributed by atoms with Gasteiger partial charge in [0.2, 0.25) is 0 Å². The Bertz CT molecular complexity index is 492. The Hall–Kier alpha value is -1.40. The van der Waals surface area contributed by atoms with Crippen molar-refractivity contribution >= 4 is 5.91 Å². The van der Waals surface area contributed by atoms with Crippen molar-refractivity contribution in [1.29, 1.82) is 0 Å². The molecule has 2 rings (SSSR count). The van der Waals surface area contributed by atoms with Gasteiger partial charge in [-0.15, -0.1) is 0 Å². The highest BCUT2D eigenvalue weighted by molar-refractivity contribution is 5.92. The summed E-state index contributed by atoms with van der Waals surface area (Å²) in [7, 11) is 0. The first kappa shape index (κ1) is 16.0. The van der Waals surface area contributed by atoms with E-state index in [-0.39, 0.29) is 11.8 Å². The van der Waals surface area contributed by atoms with Crippen molar-refractivity contribution in [2.75, 3.05) is 19.8 Å². The molecule has 1 aliphatic heterocycles. The summed E-state index contributed by atoms with van der Waals surface area (Å²) in [5, 5.41) is 7.25. The summed E-state index contributed by atoms with van der Waals surface area (Å²) in [4.78, 5) is 12.2. The van der Waals surface area contributed by atoms with E-state index in [0.717, 1.165) is 12.1 Å². The van der Waals surface area contributed by atoms with E-state index in [9.17, 15) is 4.79 Å². The summed E-state index contributed by atoms with van der Waals surface area (Å²) >= 11 is 0. The number of carbonyl (C=O) groups is 1. The minimum absolute atomic E-state index is 0.0808. The third-order valence-corrected chi connectivity index (χ3v) is 3.66. The molecule has 1 N–H and O–H groups in total. The van der Waals surface area contributed by atoms with Gasteiger partial charge in [-0.3, -0.25) is 9.48 Å². The molecule has 6 heteroatoms. The largest absolute Gasteiger partial charge is 0.350 e. The number of nitrogens with one attached hydrogen (secondary N) is 1. The first-order valence-electron chi connectivity index (χ1n) is 7.54. The third kappa shape index (κ3) is 4.04. The zero-order chi connectivity index (χ0) is 15.5. The first-order valence-corrected chi connectivity index (χ1v) is 7.54. The van der Waals surface area contributed by atoms with Crippen LogP contribution in [0.25, 0.3) is 0 Å². The van der Waals surface area contributed by atoms with Gasteiger partial charge in [0.05, 0.1) is 18.9 Å². The van der Waals surface area contributed by atoms with Crippen LogP contribution in [0.5, 0.6) is 0 Å². The van der Waals surface area contributed by atoms with E-state index in [0.29, 0.717) is 32.0 Å². The van der Waals surface area contributed by atoms with Gasteiger partial charge in [-0.2, -0.15) is 5.10 Å². The van der Waals surface area contributed by atoms with Crippen molar-refractivity contribution in [3.8, 4) is 0 Å². The van der Waals surface area contributed by atoms with Crippen molar-refractivity contribution < 1.29 is 14.3 Å². The molecule has 0 spiro atoms. The fourth-order valence-corrected chi connectivity index (χ4v) is 2.71. The summed E-state index contributed by atoms with van der Waals surface area (Å²) < 4.78 is 12.9. The van der Waals surface area contributed by atoms with Crippen LogP contribution in [-0.2, 0) is 16.0 Å². The van der Waals surface area contributed by atoms with E-state index in [2.05, 4.69) is 17.3 Å². The molecular formula is C15H25N3O3. The molecule has 0 radical (unpaired) electrons. The number of nitrogens with zero attached hydrogens (tertiary/aromatic N) is 2. The van der Waals surface area contributed by atoms with Gasteiger partial charge >= 0.3 is 0 Å². The van der Waals surface area contributed by atoms with Crippen molar-refractivity contribution in [2.45, 2.75) is 46.4 Å². The number of hydrogen-bond donors (Lipinski definition) is 1. The molecule has 1 saturated heterocycles. The Morgan fingerprint density at radius 2 is 2.19 bits per heavy atom. The monoisotopic (exact) mass is 295 g/mol. The second kappa shape index (κ2) is 6.58. The van der Waals surface area contributed by atoms with E-state index in [4.69, 9.17) is 9.47 Å². The standard InChI is InChI=1S/C15H25N3O3/c1-5-18-13(8-12(3)17-18)14(19)16-10-11(2)9-15(4)20-6-7-21-15/h8,11H,5-7,9-10H2,1-4H3,(H,16,19)/t11-/m1/s1. The third-order valence-electron chi connectivity index (χ3n) is 3.66. The molecule has 0 aromatic carbocycles. The number of ether oxygens (including phenoxy) is 2. The Labute approximate surface area is 125 Å². The molecule has 21 heavy (non-hydrogen) atoms. The molecule has 1 aliphatic rings. The predicted molar refractivity (Wildman–Crippen MR) is 79.1 cm³/mol. The number of aryl methyl sites for hydroxylation is 2. The lowest BCUT2D eigenvalue weighted by Crippen LogP contribution is -2.35. The molecule has 0 unspecified atom stereocenters. The van der Waals surface area contributed by atoms with Gasteiger partial charge in [-0.25, -0.2) is 0 Å². The van der Waals surface area contributed by atoms with E-state index < -0.39 is 5.79 Å². The van der Waals surface area contributed by atoms with Crippen LogP contribution in [-0.4, -0.2) is 41.2 Å². The lowest BCUT2D eigenvalue weighted by Gasteiger charge is -2.26. The number of rotatable bonds is 6. The van der Waals surface area contributed by atoms with Crippen LogP contribution in [0.4, 0.5) is 0 Å². The van der Waals surface area contributed by atoms with Crippen LogP contribution in [0.15, 0.2) is 6.07 Å². The molecule has 1 atom stereocenters. The average molecular weight is 295 g/mol. The second-order valence-corrected chi connectivity index (χ2v) is 5.84. The van der Waals surface area contributed by atoms with Crippen LogP contribution < -0.4 is 5.32 Å².